The van der Waals surface area contributed by atoms with Crippen molar-refractivity contribution in [3.8, 4) is 0 Å². The molecule has 1 aliphatic heterocycles. The molecule has 6 amide bonds. The van der Waals surface area contributed by atoms with Crippen LogP contribution in [-0.2, 0) is 44.8 Å². The summed E-state index contributed by atoms with van der Waals surface area (Å²) < 4.78 is 10.3. The first-order valence-corrected chi connectivity index (χ1v) is 14.2. The minimum Gasteiger partial charge on any atom is -0.460 e. The van der Waals surface area contributed by atoms with E-state index in [0.29, 0.717) is 11.3 Å². The number of hydrogen-bond acceptors (Lipinski definition) is 9. The first-order valence-electron chi connectivity index (χ1n) is 14.2. The second-order valence-electron chi connectivity index (χ2n) is 11.5. The summed E-state index contributed by atoms with van der Waals surface area (Å²) in [6, 6.07) is 4.61. The molecule has 1 heterocycles. The number of alkyl carbamates (subject to hydrolysis) is 1. The van der Waals surface area contributed by atoms with Crippen molar-refractivity contribution < 1.29 is 43.0 Å². The van der Waals surface area contributed by atoms with Gasteiger partial charge in [-0.3, -0.25) is 33.7 Å². The zero-order chi connectivity index (χ0) is 33.0. The van der Waals surface area contributed by atoms with Crippen LogP contribution in [0.25, 0.3) is 0 Å². The van der Waals surface area contributed by atoms with E-state index in [1.807, 2.05) is 0 Å². The highest BCUT2D eigenvalue weighted by molar-refractivity contribution is 6.13. The Morgan fingerprint density at radius 1 is 0.864 bits per heavy atom. The van der Waals surface area contributed by atoms with Gasteiger partial charge < -0.3 is 30.7 Å². The molecule has 0 saturated heterocycles. The Morgan fingerprint density at radius 2 is 1.48 bits per heavy atom. The smallest absolute Gasteiger partial charge is 0.407 e. The van der Waals surface area contributed by atoms with Crippen LogP contribution in [0.1, 0.15) is 59.9 Å². The maximum Gasteiger partial charge on any atom is 0.407 e. The van der Waals surface area contributed by atoms with Crippen molar-refractivity contribution in [3.05, 3.63) is 42.0 Å². The zero-order valence-electron chi connectivity index (χ0n) is 25.9. The molecule has 44 heavy (non-hydrogen) atoms. The summed E-state index contributed by atoms with van der Waals surface area (Å²) in [5.74, 6) is -3.34. The lowest BCUT2D eigenvalue weighted by atomic mass is 10.0. The Hall–Kier alpha value is -4.75. The molecule has 1 aliphatic rings. The van der Waals surface area contributed by atoms with Crippen LogP contribution in [0.5, 0.6) is 0 Å². The maximum atomic E-state index is 12.9. The number of carbonyl (C=O) groups excluding carboxylic acids is 7. The third-order valence-corrected chi connectivity index (χ3v) is 6.09. The van der Waals surface area contributed by atoms with Gasteiger partial charge in [0.15, 0.2) is 0 Å². The summed E-state index contributed by atoms with van der Waals surface area (Å²) in [5, 5.41) is 10.3. The van der Waals surface area contributed by atoms with E-state index in [4.69, 9.17) is 9.47 Å². The minimum absolute atomic E-state index is 0.00962. The lowest BCUT2D eigenvalue weighted by Crippen LogP contribution is -2.54. The Balaban J connectivity index is 1.77. The standard InChI is InChI=1S/C30H41N5O9/c1-18(2)26(34-22(36)14-16-35-23(37)11-12-24(35)38)28(41)32-19(3)27(40)33-21-9-7-20(8-10-21)17-43-29(42)31-15-13-25(39)44-30(4,5)6/h7-12,18-19,26H,13-17H2,1-6H3,(H,31,42)(H,32,41)(H,33,40)(H,34,36)/t19-,26-/m0/s1. The second-order valence-corrected chi connectivity index (χ2v) is 11.5. The molecule has 2 rings (SSSR count). The predicted molar refractivity (Wildman–Crippen MR) is 159 cm³/mol. The quantitative estimate of drug-likeness (QED) is 0.178. The summed E-state index contributed by atoms with van der Waals surface area (Å²) >= 11 is 0. The van der Waals surface area contributed by atoms with E-state index >= 15 is 0 Å². The highest BCUT2D eigenvalue weighted by atomic mass is 16.6. The lowest BCUT2D eigenvalue weighted by Gasteiger charge is -2.24. The van der Waals surface area contributed by atoms with Gasteiger partial charge in [-0.25, -0.2) is 4.79 Å². The van der Waals surface area contributed by atoms with Crippen LogP contribution in [0.4, 0.5) is 10.5 Å². The van der Waals surface area contributed by atoms with Gasteiger partial charge in [-0.2, -0.15) is 0 Å². The van der Waals surface area contributed by atoms with Crippen LogP contribution in [0, 0.1) is 5.92 Å². The molecule has 0 unspecified atom stereocenters. The van der Waals surface area contributed by atoms with Crippen molar-refractivity contribution in [2.45, 2.75) is 78.7 Å². The van der Waals surface area contributed by atoms with Gasteiger partial charge in [0.2, 0.25) is 17.7 Å². The number of rotatable bonds is 14. The molecule has 4 N–H and O–H groups in total. The summed E-state index contributed by atoms with van der Waals surface area (Å²) in [4.78, 5) is 85.8. The van der Waals surface area contributed by atoms with Gasteiger partial charge in [-0.15, -0.1) is 0 Å². The van der Waals surface area contributed by atoms with Gasteiger partial charge in [0, 0.05) is 37.3 Å². The van der Waals surface area contributed by atoms with Crippen molar-refractivity contribution in [1.29, 1.82) is 0 Å². The number of carbonyl (C=O) groups is 7. The van der Waals surface area contributed by atoms with Gasteiger partial charge in [0.25, 0.3) is 11.8 Å². The normalized spacial score (nSPS) is 14.1. The Labute approximate surface area is 256 Å². The number of hydrogen-bond donors (Lipinski definition) is 4. The van der Waals surface area contributed by atoms with Crippen molar-refractivity contribution >= 4 is 47.3 Å². The van der Waals surface area contributed by atoms with Gasteiger partial charge in [-0.1, -0.05) is 26.0 Å². The Morgan fingerprint density at radius 3 is 2.05 bits per heavy atom. The minimum atomic E-state index is -0.949. The van der Waals surface area contributed by atoms with Crippen molar-refractivity contribution in [2.75, 3.05) is 18.4 Å². The molecule has 0 radical (unpaired) electrons. The Kier molecular flexibility index (Phi) is 13.0. The number of amides is 6. The van der Waals surface area contributed by atoms with Gasteiger partial charge in [0.1, 0.15) is 24.3 Å². The maximum absolute atomic E-state index is 12.9. The van der Waals surface area contributed by atoms with Crippen LogP contribution in [-0.4, -0.2) is 77.3 Å². The fraction of sp³-hybridized carbons (Fsp3) is 0.500. The molecule has 0 fully saturated rings. The molecule has 14 nitrogen and oxygen atoms in total. The van der Waals surface area contributed by atoms with E-state index in [2.05, 4.69) is 21.3 Å². The highest BCUT2D eigenvalue weighted by Crippen LogP contribution is 2.12. The van der Waals surface area contributed by atoms with E-state index in [-0.39, 0.29) is 38.5 Å². The number of nitrogens with zero attached hydrogens (tertiary/aromatic N) is 1. The first-order chi connectivity index (χ1) is 20.6. The number of imide groups is 1. The van der Waals surface area contributed by atoms with Gasteiger partial charge in [0.05, 0.1) is 6.42 Å². The van der Waals surface area contributed by atoms with Crippen LogP contribution >= 0.6 is 0 Å². The molecule has 0 saturated carbocycles. The monoisotopic (exact) mass is 615 g/mol. The van der Waals surface area contributed by atoms with E-state index in [1.165, 1.54) is 6.92 Å². The summed E-state index contributed by atoms with van der Waals surface area (Å²) in [5.41, 5.74) is 0.486. The van der Waals surface area contributed by atoms with E-state index in [1.54, 1.807) is 58.9 Å². The SMILES string of the molecule is CC(C)[C@H](NC(=O)CCN1C(=O)C=CC1=O)C(=O)N[C@@H](C)C(=O)Nc1ccc(COC(=O)NCCC(=O)OC(C)(C)C)cc1. The van der Waals surface area contributed by atoms with Crippen LogP contribution < -0.4 is 21.3 Å². The number of nitrogens with one attached hydrogen (secondary N) is 4. The molecule has 240 valence electrons. The highest BCUT2D eigenvalue weighted by Gasteiger charge is 2.28. The molecular formula is C30H41N5O9. The lowest BCUT2D eigenvalue weighted by molar-refractivity contribution is -0.154. The Bertz CT molecular complexity index is 1250. The predicted octanol–water partition coefficient (Wildman–Crippen LogP) is 1.54. The first kappa shape index (κ1) is 35.4. The van der Waals surface area contributed by atoms with Crippen LogP contribution in [0.2, 0.25) is 0 Å². The molecule has 0 aliphatic carbocycles. The molecule has 0 aromatic heterocycles. The van der Waals surface area contributed by atoms with E-state index in [0.717, 1.165) is 17.1 Å². The zero-order valence-corrected chi connectivity index (χ0v) is 25.9. The number of ether oxygens (including phenoxy) is 2. The molecule has 0 bridgehead atoms. The largest absolute Gasteiger partial charge is 0.460 e. The van der Waals surface area contributed by atoms with Crippen molar-refractivity contribution in [2.24, 2.45) is 5.92 Å². The van der Waals surface area contributed by atoms with Crippen molar-refractivity contribution in [1.82, 2.24) is 20.9 Å². The topological polar surface area (TPSA) is 189 Å². The molecule has 14 heteroatoms. The second kappa shape index (κ2) is 16.2. The average molecular weight is 616 g/mol. The molecule has 0 spiro atoms. The average Bonchev–Trinajstić information content (AvgIpc) is 3.25. The number of esters is 1. The number of benzene rings is 1. The van der Waals surface area contributed by atoms with E-state index < -0.39 is 59.3 Å². The van der Waals surface area contributed by atoms with Crippen LogP contribution in [0.15, 0.2) is 36.4 Å². The molecular weight excluding hydrogens is 574 g/mol. The van der Waals surface area contributed by atoms with Gasteiger partial charge >= 0.3 is 12.1 Å². The van der Waals surface area contributed by atoms with E-state index in [9.17, 15) is 33.6 Å². The number of anilines is 1. The fourth-order valence-corrected chi connectivity index (χ4v) is 3.81. The van der Waals surface area contributed by atoms with Gasteiger partial charge in [-0.05, 0) is 51.3 Å². The summed E-state index contributed by atoms with van der Waals surface area (Å²) in [7, 11) is 0. The van der Waals surface area contributed by atoms with Crippen molar-refractivity contribution in [3.63, 3.8) is 0 Å². The fourth-order valence-electron chi connectivity index (χ4n) is 3.81. The summed E-state index contributed by atoms with van der Waals surface area (Å²) in [6.45, 7) is 10.1. The third kappa shape index (κ3) is 12.2. The molecule has 2 atom stereocenters. The molecule has 1 aromatic rings. The molecule has 1 aromatic carbocycles. The third-order valence-electron chi connectivity index (χ3n) is 6.09. The summed E-state index contributed by atoms with van der Waals surface area (Å²) in [6.07, 6.45) is 1.39. The van der Waals surface area contributed by atoms with Crippen LogP contribution in [0.3, 0.4) is 0 Å².